The molecule has 1 saturated carbocycles. The highest BCUT2D eigenvalue weighted by Gasteiger charge is 2.20. The topological polar surface area (TPSA) is 0 Å². The number of aryl methyl sites for hydroxylation is 1. The number of allylic oxidation sites excluding steroid dienone is 1. The Hall–Kier alpha value is -1.11. The first-order valence-corrected chi connectivity index (χ1v) is 7.57. The third-order valence-corrected chi connectivity index (χ3v) is 4.24. The zero-order chi connectivity index (χ0) is 13.8. The van der Waals surface area contributed by atoms with Crippen LogP contribution in [0.5, 0.6) is 0 Å². The summed E-state index contributed by atoms with van der Waals surface area (Å²) in [6, 6.07) is 3.89. The zero-order valence-electron chi connectivity index (χ0n) is 12.3. The van der Waals surface area contributed by atoms with Crippen molar-refractivity contribution in [1.82, 2.24) is 0 Å². The Morgan fingerprint density at radius 1 is 1.21 bits per heavy atom. The maximum absolute atomic E-state index is 14.4. The average molecular weight is 260 g/mol. The summed E-state index contributed by atoms with van der Waals surface area (Å²) < 4.78 is 14.4. The van der Waals surface area contributed by atoms with Crippen molar-refractivity contribution < 1.29 is 4.39 Å². The summed E-state index contributed by atoms with van der Waals surface area (Å²) in [5.74, 6) is 0.443. The van der Waals surface area contributed by atoms with Crippen LogP contribution in [0.15, 0.2) is 24.3 Å². The minimum atomic E-state index is 0.000324. The molecule has 0 radical (unpaired) electrons. The van der Waals surface area contributed by atoms with Gasteiger partial charge >= 0.3 is 0 Å². The highest BCUT2D eigenvalue weighted by molar-refractivity contribution is 5.37. The third-order valence-electron chi connectivity index (χ3n) is 4.24. The molecule has 0 N–H and O–H groups in total. The molecule has 0 atom stereocenters. The lowest BCUT2D eigenvalue weighted by molar-refractivity contribution is 0.429. The molecular formula is C18H25F. The normalized spacial score (nSPS) is 16.6. The van der Waals surface area contributed by atoms with Crippen LogP contribution in [0, 0.1) is 5.82 Å². The van der Waals surface area contributed by atoms with Gasteiger partial charge in [0.05, 0.1) is 0 Å². The summed E-state index contributed by atoms with van der Waals surface area (Å²) in [5.41, 5.74) is 4.47. The van der Waals surface area contributed by atoms with E-state index in [0.717, 1.165) is 42.4 Å². The number of rotatable bonds is 4. The van der Waals surface area contributed by atoms with Crippen molar-refractivity contribution >= 4 is 0 Å². The van der Waals surface area contributed by atoms with Crippen LogP contribution in [-0.4, -0.2) is 0 Å². The van der Waals surface area contributed by atoms with Gasteiger partial charge in [-0.2, -0.15) is 0 Å². The van der Waals surface area contributed by atoms with Crippen molar-refractivity contribution in [1.29, 1.82) is 0 Å². The fourth-order valence-corrected chi connectivity index (χ4v) is 3.22. The Kier molecular flexibility index (Phi) is 4.79. The van der Waals surface area contributed by atoms with Gasteiger partial charge in [0, 0.05) is 0 Å². The summed E-state index contributed by atoms with van der Waals surface area (Å²) in [6.45, 7) is 8.10. The maximum Gasteiger partial charge on any atom is 0.126 e. The Balaban J connectivity index is 2.32. The van der Waals surface area contributed by atoms with E-state index in [0.29, 0.717) is 5.92 Å². The van der Waals surface area contributed by atoms with Crippen molar-refractivity contribution in [3.8, 4) is 0 Å². The molecule has 19 heavy (non-hydrogen) atoms. The van der Waals surface area contributed by atoms with Gasteiger partial charge in [0.15, 0.2) is 0 Å². The number of hydrogen-bond donors (Lipinski definition) is 0. The molecule has 1 heteroatoms. The highest BCUT2D eigenvalue weighted by atomic mass is 19.1. The molecule has 0 saturated heterocycles. The van der Waals surface area contributed by atoms with Crippen LogP contribution in [0.2, 0.25) is 0 Å². The molecule has 0 amide bonds. The van der Waals surface area contributed by atoms with E-state index in [1.165, 1.54) is 24.8 Å². The monoisotopic (exact) mass is 260 g/mol. The maximum atomic E-state index is 14.4. The van der Waals surface area contributed by atoms with Gasteiger partial charge in [-0.15, -0.1) is 0 Å². The van der Waals surface area contributed by atoms with E-state index in [-0.39, 0.29) is 5.82 Å². The van der Waals surface area contributed by atoms with E-state index in [1.54, 1.807) is 6.07 Å². The molecule has 1 aromatic rings. The Bertz CT molecular complexity index is 453. The van der Waals surface area contributed by atoms with Gasteiger partial charge < -0.3 is 0 Å². The van der Waals surface area contributed by atoms with Crippen LogP contribution < -0.4 is 0 Å². The van der Waals surface area contributed by atoms with E-state index in [4.69, 9.17) is 0 Å². The van der Waals surface area contributed by atoms with Crippen LogP contribution in [0.4, 0.5) is 4.39 Å². The van der Waals surface area contributed by atoms with Gasteiger partial charge in [-0.05, 0) is 61.3 Å². The molecule has 0 unspecified atom stereocenters. The van der Waals surface area contributed by atoms with Gasteiger partial charge in [0.1, 0.15) is 5.82 Å². The molecule has 0 nitrogen and oxygen atoms in total. The Morgan fingerprint density at radius 3 is 2.47 bits per heavy atom. The van der Waals surface area contributed by atoms with Gasteiger partial charge in [-0.3, -0.25) is 0 Å². The quantitative estimate of drug-likeness (QED) is 0.622. The van der Waals surface area contributed by atoms with Crippen molar-refractivity contribution in [2.75, 3.05) is 0 Å². The van der Waals surface area contributed by atoms with Crippen molar-refractivity contribution in [2.45, 2.75) is 64.7 Å². The summed E-state index contributed by atoms with van der Waals surface area (Å²) in [7, 11) is 0. The summed E-state index contributed by atoms with van der Waals surface area (Å²) >= 11 is 0. The second-order valence-corrected chi connectivity index (χ2v) is 5.96. The molecule has 0 bridgehead atoms. The fraction of sp³-hybridized carbons (Fsp3) is 0.556. The first-order valence-electron chi connectivity index (χ1n) is 7.57. The molecule has 0 aromatic heterocycles. The smallest absolute Gasteiger partial charge is 0.126 e. The molecule has 0 heterocycles. The van der Waals surface area contributed by atoms with Crippen molar-refractivity contribution in [3.05, 3.63) is 46.8 Å². The molecule has 0 aliphatic heterocycles. The summed E-state index contributed by atoms with van der Waals surface area (Å²) in [5, 5.41) is 0. The first kappa shape index (κ1) is 14.3. The average Bonchev–Trinajstić information content (AvgIpc) is 2.39. The fourth-order valence-electron chi connectivity index (χ4n) is 3.22. The van der Waals surface area contributed by atoms with Crippen LogP contribution in [0.25, 0.3) is 0 Å². The van der Waals surface area contributed by atoms with Gasteiger partial charge in [0.25, 0.3) is 0 Å². The largest absolute Gasteiger partial charge is 0.207 e. The number of hydrogen-bond acceptors (Lipinski definition) is 0. The van der Waals surface area contributed by atoms with E-state index >= 15 is 0 Å². The van der Waals surface area contributed by atoms with E-state index < -0.39 is 0 Å². The van der Waals surface area contributed by atoms with Gasteiger partial charge in [-0.25, -0.2) is 4.39 Å². The molecule has 1 fully saturated rings. The minimum absolute atomic E-state index is 0.000324. The summed E-state index contributed by atoms with van der Waals surface area (Å²) in [4.78, 5) is 0. The Labute approximate surface area is 116 Å². The van der Waals surface area contributed by atoms with Crippen molar-refractivity contribution in [2.24, 2.45) is 0 Å². The van der Waals surface area contributed by atoms with Crippen molar-refractivity contribution in [3.63, 3.8) is 0 Å². The molecule has 0 spiro atoms. The lowest BCUT2D eigenvalue weighted by Gasteiger charge is -2.24. The highest BCUT2D eigenvalue weighted by Crippen LogP contribution is 2.35. The van der Waals surface area contributed by atoms with Gasteiger partial charge in [0.2, 0.25) is 0 Å². The number of halogens is 1. The molecule has 2 rings (SSSR count). The first-order chi connectivity index (χ1) is 9.11. The van der Waals surface area contributed by atoms with E-state index in [1.807, 2.05) is 6.92 Å². The second-order valence-electron chi connectivity index (χ2n) is 5.96. The lowest BCUT2D eigenvalue weighted by atomic mass is 9.82. The van der Waals surface area contributed by atoms with E-state index in [2.05, 4.69) is 19.6 Å². The molecule has 1 aromatic carbocycles. The standard InChI is InChI=1S/C18H25F/c1-4-14-11-17(15-8-6-5-7-9-15)18(19)12-16(14)10-13(2)3/h11-12,15H,2,4-10H2,1,3H3. The van der Waals surface area contributed by atoms with Crippen LogP contribution in [0.3, 0.4) is 0 Å². The SMILES string of the molecule is C=C(C)Cc1cc(F)c(C2CCCCC2)cc1CC. The molecule has 1 aliphatic rings. The molecule has 104 valence electrons. The predicted octanol–water partition coefficient (Wildman–Crippen LogP) is 5.55. The van der Waals surface area contributed by atoms with Crippen LogP contribution >= 0.6 is 0 Å². The van der Waals surface area contributed by atoms with Crippen LogP contribution in [-0.2, 0) is 12.8 Å². The molecule has 1 aliphatic carbocycles. The van der Waals surface area contributed by atoms with Gasteiger partial charge in [-0.1, -0.05) is 44.4 Å². The minimum Gasteiger partial charge on any atom is -0.207 e. The van der Waals surface area contributed by atoms with E-state index in [9.17, 15) is 4.39 Å². The lowest BCUT2D eigenvalue weighted by Crippen LogP contribution is -2.08. The molecular weight excluding hydrogens is 235 g/mol. The van der Waals surface area contributed by atoms with Crippen LogP contribution in [0.1, 0.15) is 68.6 Å². The predicted molar refractivity (Wildman–Crippen MR) is 80.1 cm³/mol. The zero-order valence-corrected chi connectivity index (χ0v) is 12.3. The second kappa shape index (κ2) is 6.36. The summed E-state index contributed by atoms with van der Waals surface area (Å²) in [6.07, 6.45) is 7.89. The third kappa shape index (κ3) is 3.46. The number of benzene rings is 1. The Morgan fingerprint density at radius 2 is 1.89 bits per heavy atom.